The highest BCUT2D eigenvalue weighted by Crippen LogP contribution is 2.30. The number of halogens is 3. The Morgan fingerprint density at radius 2 is 1.80 bits per heavy atom. The van der Waals surface area contributed by atoms with Crippen LogP contribution in [0.5, 0.6) is 5.75 Å². The Morgan fingerprint density at radius 3 is 2.20 bits per heavy atom. The van der Waals surface area contributed by atoms with Crippen LogP contribution in [-0.2, 0) is 10.9 Å². The van der Waals surface area contributed by atoms with Crippen molar-refractivity contribution in [2.75, 3.05) is 6.61 Å². The fraction of sp³-hybridized carbons (Fsp3) is 0.400. The molecule has 1 heterocycles. The average Bonchev–Trinajstić information content (AvgIpc) is 2.11. The van der Waals surface area contributed by atoms with Gasteiger partial charge in [0, 0.05) is 6.42 Å². The summed E-state index contributed by atoms with van der Waals surface area (Å²) in [6.45, 7) is 0.644. The third-order valence-corrected chi connectivity index (χ3v) is 2.11. The van der Waals surface area contributed by atoms with E-state index in [1.54, 1.807) is 0 Å². The van der Waals surface area contributed by atoms with Crippen molar-refractivity contribution in [3.63, 3.8) is 0 Å². The van der Waals surface area contributed by atoms with E-state index in [9.17, 15) is 13.2 Å². The van der Waals surface area contributed by atoms with Crippen LogP contribution in [0.3, 0.4) is 0 Å². The SMILES string of the molecule is FC(F)(F)c1ccc(OC2CCO2)cc1. The third kappa shape index (κ3) is 2.41. The first-order chi connectivity index (χ1) is 7.05. The largest absolute Gasteiger partial charge is 0.465 e. The molecule has 1 saturated heterocycles. The molecule has 2 rings (SSSR count). The first-order valence-electron chi connectivity index (χ1n) is 4.51. The lowest BCUT2D eigenvalue weighted by Gasteiger charge is -2.26. The molecule has 0 aromatic heterocycles. The van der Waals surface area contributed by atoms with Crippen LogP contribution in [0, 0.1) is 0 Å². The minimum Gasteiger partial charge on any atom is -0.465 e. The molecule has 5 heteroatoms. The summed E-state index contributed by atoms with van der Waals surface area (Å²) in [6.07, 6.45) is -3.83. The molecular formula is C10H9F3O2. The van der Waals surface area contributed by atoms with Gasteiger partial charge < -0.3 is 9.47 Å². The van der Waals surface area contributed by atoms with Gasteiger partial charge in [0.15, 0.2) is 0 Å². The Labute approximate surface area is 84.6 Å². The van der Waals surface area contributed by atoms with E-state index < -0.39 is 11.7 Å². The summed E-state index contributed by atoms with van der Waals surface area (Å²) in [5.41, 5.74) is -0.677. The van der Waals surface area contributed by atoms with E-state index in [1.807, 2.05) is 0 Å². The molecule has 0 radical (unpaired) electrons. The standard InChI is InChI=1S/C10H9F3O2/c11-10(12,13)7-1-3-8(4-2-7)15-9-5-6-14-9/h1-4,9H,5-6H2. The molecule has 82 valence electrons. The van der Waals surface area contributed by atoms with Gasteiger partial charge >= 0.3 is 6.18 Å². The van der Waals surface area contributed by atoms with Crippen LogP contribution in [0.2, 0.25) is 0 Å². The average molecular weight is 218 g/mol. The second-order valence-electron chi connectivity index (χ2n) is 3.23. The van der Waals surface area contributed by atoms with Crippen molar-refractivity contribution in [2.45, 2.75) is 18.9 Å². The summed E-state index contributed by atoms with van der Waals surface area (Å²) in [4.78, 5) is 0. The summed E-state index contributed by atoms with van der Waals surface area (Å²) in [5, 5.41) is 0. The van der Waals surface area contributed by atoms with Gasteiger partial charge in [-0.05, 0) is 24.3 Å². The normalized spacial score (nSPS) is 20.9. The maximum absolute atomic E-state index is 12.2. The van der Waals surface area contributed by atoms with Crippen LogP contribution < -0.4 is 4.74 Å². The lowest BCUT2D eigenvalue weighted by molar-refractivity contribution is -0.165. The van der Waals surface area contributed by atoms with Crippen molar-refractivity contribution >= 4 is 0 Å². The highest BCUT2D eigenvalue weighted by Gasteiger charge is 2.30. The van der Waals surface area contributed by atoms with Gasteiger partial charge in [-0.15, -0.1) is 0 Å². The molecule has 1 unspecified atom stereocenters. The smallest absolute Gasteiger partial charge is 0.416 e. The van der Waals surface area contributed by atoms with Crippen LogP contribution >= 0.6 is 0 Å². The molecule has 0 N–H and O–H groups in total. The Hall–Kier alpha value is -1.23. The number of hydrogen-bond donors (Lipinski definition) is 0. The molecule has 0 amide bonds. The topological polar surface area (TPSA) is 18.5 Å². The molecule has 1 fully saturated rings. The number of alkyl halides is 3. The number of hydrogen-bond acceptors (Lipinski definition) is 2. The van der Waals surface area contributed by atoms with Gasteiger partial charge in [0.1, 0.15) is 5.75 Å². The molecule has 0 bridgehead atoms. The first-order valence-corrected chi connectivity index (χ1v) is 4.51. The highest BCUT2D eigenvalue weighted by molar-refractivity contribution is 5.28. The van der Waals surface area contributed by atoms with Gasteiger partial charge in [0.25, 0.3) is 0 Å². The lowest BCUT2D eigenvalue weighted by atomic mass is 10.2. The van der Waals surface area contributed by atoms with Crippen LogP contribution in [0.15, 0.2) is 24.3 Å². The van der Waals surface area contributed by atoms with E-state index >= 15 is 0 Å². The second kappa shape index (κ2) is 3.73. The van der Waals surface area contributed by atoms with Gasteiger partial charge in [0.05, 0.1) is 12.2 Å². The highest BCUT2D eigenvalue weighted by atomic mass is 19.4. The molecule has 1 atom stereocenters. The summed E-state index contributed by atoms with van der Waals surface area (Å²) in [5.74, 6) is 0.396. The Kier molecular flexibility index (Phi) is 2.56. The number of benzene rings is 1. The molecule has 15 heavy (non-hydrogen) atoms. The van der Waals surface area contributed by atoms with E-state index in [1.165, 1.54) is 12.1 Å². The number of rotatable bonds is 2. The van der Waals surface area contributed by atoms with Gasteiger partial charge in [-0.3, -0.25) is 0 Å². The van der Waals surface area contributed by atoms with Crippen LogP contribution in [0.1, 0.15) is 12.0 Å². The fourth-order valence-electron chi connectivity index (χ4n) is 1.18. The van der Waals surface area contributed by atoms with Crippen molar-refractivity contribution in [1.82, 2.24) is 0 Å². The minimum atomic E-state index is -4.30. The summed E-state index contributed by atoms with van der Waals surface area (Å²) in [6, 6.07) is 4.58. The molecule has 1 aliphatic heterocycles. The van der Waals surface area contributed by atoms with Gasteiger partial charge in [-0.25, -0.2) is 0 Å². The number of ether oxygens (including phenoxy) is 2. The predicted molar refractivity (Wildman–Crippen MR) is 46.4 cm³/mol. The minimum absolute atomic E-state index is 0.304. The lowest BCUT2D eigenvalue weighted by Crippen LogP contribution is -2.32. The zero-order valence-electron chi connectivity index (χ0n) is 7.75. The summed E-state index contributed by atoms with van der Waals surface area (Å²) in [7, 11) is 0. The van der Waals surface area contributed by atoms with Crippen LogP contribution in [-0.4, -0.2) is 12.9 Å². The van der Waals surface area contributed by atoms with Crippen LogP contribution in [0.25, 0.3) is 0 Å². The molecule has 1 aromatic carbocycles. The molecular weight excluding hydrogens is 209 g/mol. The molecule has 0 saturated carbocycles. The Bertz CT molecular complexity index is 328. The fourth-order valence-corrected chi connectivity index (χ4v) is 1.18. The molecule has 0 spiro atoms. The van der Waals surface area contributed by atoms with Crippen molar-refractivity contribution in [3.8, 4) is 5.75 Å². The van der Waals surface area contributed by atoms with E-state index in [0.717, 1.165) is 18.6 Å². The van der Waals surface area contributed by atoms with Crippen LogP contribution in [0.4, 0.5) is 13.2 Å². The zero-order valence-corrected chi connectivity index (χ0v) is 7.75. The maximum atomic E-state index is 12.2. The molecule has 1 aliphatic rings. The Morgan fingerprint density at radius 1 is 1.20 bits per heavy atom. The van der Waals surface area contributed by atoms with Crippen molar-refractivity contribution in [1.29, 1.82) is 0 Å². The van der Waals surface area contributed by atoms with E-state index in [2.05, 4.69) is 0 Å². The second-order valence-corrected chi connectivity index (χ2v) is 3.23. The maximum Gasteiger partial charge on any atom is 0.416 e. The van der Waals surface area contributed by atoms with Crippen molar-refractivity contribution in [2.24, 2.45) is 0 Å². The summed E-state index contributed by atoms with van der Waals surface area (Å²) >= 11 is 0. The molecule has 2 nitrogen and oxygen atoms in total. The third-order valence-electron chi connectivity index (χ3n) is 2.11. The van der Waals surface area contributed by atoms with E-state index in [4.69, 9.17) is 9.47 Å². The molecule has 0 aliphatic carbocycles. The van der Waals surface area contributed by atoms with E-state index in [0.29, 0.717) is 12.4 Å². The zero-order chi connectivity index (χ0) is 10.9. The predicted octanol–water partition coefficient (Wildman–Crippen LogP) is 2.83. The Balaban J connectivity index is 2.03. The van der Waals surface area contributed by atoms with Crippen molar-refractivity contribution < 1.29 is 22.6 Å². The monoisotopic (exact) mass is 218 g/mol. The first kappa shape index (κ1) is 10.3. The molecule has 1 aromatic rings. The van der Waals surface area contributed by atoms with Gasteiger partial charge in [0.2, 0.25) is 6.29 Å². The van der Waals surface area contributed by atoms with E-state index in [-0.39, 0.29) is 6.29 Å². The summed E-state index contributed by atoms with van der Waals surface area (Å²) < 4.78 is 46.8. The quantitative estimate of drug-likeness (QED) is 0.759. The van der Waals surface area contributed by atoms with Gasteiger partial charge in [-0.2, -0.15) is 13.2 Å². The van der Waals surface area contributed by atoms with Gasteiger partial charge in [-0.1, -0.05) is 0 Å². The van der Waals surface area contributed by atoms with Crippen molar-refractivity contribution in [3.05, 3.63) is 29.8 Å².